The predicted molar refractivity (Wildman–Crippen MR) is 300 cm³/mol. The van der Waals surface area contributed by atoms with Crippen LogP contribution in [0.25, 0.3) is 125 Å². The predicted octanol–water partition coefficient (Wildman–Crippen LogP) is 18.9. The van der Waals surface area contributed by atoms with Crippen LogP contribution in [0.5, 0.6) is 0 Å². The van der Waals surface area contributed by atoms with Crippen LogP contribution < -0.4 is 0 Å². The summed E-state index contributed by atoms with van der Waals surface area (Å²) in [5.74, 6) is 0. The third kappa shape index (κ3) is 7.71. The third-order valence-corrected chi connectivity index (χ3v) is 14.4. The molecule has 0 aliphatic rings. The Balaban J connectivity index is 1.25. The van der Waals surface area contributed by atoms with Crippen molar-refractivity contribution in [3.8, 4) is 79.1 Å². The fourth-order valence-corrected chi connectivity index (χ4v) is 11.0. The van der Waals surface area contributed by atoms with Gasteiger partial charge in [0.15, 0.2) is 17.1 Å². The molecule has 0 amide bonds. The maximum Gasteiger partial charge on any atom is 0.417 e. The minimum Gasteiger partial charge on any atom is -0.308 e. The minimum atomic E-state index is -4.82. The van der Waals surface area contributed by atoms with Crippen molar-refractivity contribution in [1.82, 2.24) is 9.13 Å². The molecule has 12 rings (SSSR count). The van der Waals surface area contributed by atoms with E-state index in [1.165, 1.54) is 6.07 Å². The molecule has 2 aromatic heterocycles. The SMILES string of the molecule is [C-]#[N+]c1ccccc1-c1ccc2c(c1)c1cc(-c3ccccc3C#N)ccc1n2-c1cc(C#N)cc(-n2c3ccc(-c4ccccc4[N+]#[C-])cc3c3cc(-c4ccccc4[N+]#[C-])ccc32)c1-c1c(C)cccc1C(F)(F)F. The van der Waals surface area contributed by atoms with Gasteiger partial charge >= 0.3 is 6.18 Å². The lowest BCUT2D eigenvalue weighted by atomic mass is 9.90. The molecule has 0 aliphatic heterocycles. The Morgan fingerprint density at radius 2 is 0.792 bits per heavy atom. The molecule has 10 aromatic carbocycles. The van der Waals surface area contributed by atoms with Gasteiger partial charge in [-0.25, -0.2) is 14.5 Å². The summed E-state index contributed by atoms with van der Waals surface area (Å²) in [7, 11) is 0. The van der Waals surface area contributed by atoms with Crippen LogP contribution in [0.15, 0.2) is 200 Å². The molecule has 0 bridgehead atoms. The molecule has 0 unspecified atom stereocenters. The van der Waals surface area contributed by atoms with Crippen LogP contribution in [0.2, 0.25) is 0 Å². The molecule has 0 aliphatic carbocycles. The van der Waals surface area contributed by atoms with Crippen molar-refractivity contribution in [3.63, 3.8) is 0 Å². The van der Waals surface area contributed by atoms with E-state index in [-0.39, 0.29) is 16.7 Å². The fraction of sp³-hybridized carbons (Fsp3) is 0.0299. The zero-order valence-electron chi connectivity index (χ0n) is 40.8. The first kappa shape index (κ1) is 47.1. The number of para-hydroxylation sites is 3. The van der Waals surface area contributed by atoms with Gasteiger partial charge in [0.05, 0.1) is 82.0 Å². The molecule has 77 heavy (non-hydrogen) atoms. The van der Waals surface area contributed by atoms with E-state index in [4.69, 9.17) is 19.7 Å². The van der Waals surface area contributed by atoms with E-state index in [0.29, 0.717) is 83.9 Å². The van der Waals surface area contributed by atoms with Gasteiger partial charge in [0.2, 0.25) is 0 Å². The molecular formula is C67H36F3N7. The van der Waals surface area contributed by atoms with E-state index >= 15 is 13.2 Å². The van der Waals surface area contributed by atoms with Gasteiger partial charge in [0.25, 0.3) is 0 Å². The van der Waals surface area contributed by atoms with Gasteiger partial charge in [0.1, 0.15) is 0 Å². The summed E-state index contributed by atoms with van der Waals surface area (Å²) in [6.07, 6.45) is -4.82. The molecule has 10 heteroatoms. The smallest absolute Gasteiger partial charge is 0.308 e. The second kappa shape index (κ2) is 18.5. The van der Waals surface area contributed by atoms with Gasteiger partial charge in [-0.3, -0.25) is 0 Å². The van der Waals surface area contributed by atoms with Crippen LogP contribution in [0, 0.1) is 49.3 Å². The Bertz CT molecular complexity index is 4220. The summed E-state index contributed by atoms with van der Waals surface area (Å²) in [6, 6.07) is 64.5. The zero-order valence-corrected chi connectivity index (χ0v) is 40.8. The van der Waals surface area contributed by atoms with Crippen molar-refractivity contribution in [1.29, 1.82) is 10.5 Å². The van der Waals surface area contributed by atoms with Gasteiger partial charge in [-0.2, -0.15) is 23.7 Å². The number of fused-ring (bicyclic) bond motifs is 6. The fourth-order valence-electron chi connectivity index (χ4n) is 11.0. The summed E-state index contributed by atoms with van der Waals surface area (Å²) >= 11 is 0. The Labute approximate surface area is 440 Å². The first-order valence-corrected chi connectivity index (χ1v) is 24.4. The van der Waals surface area contributed by atoms with Crippen molar-refractivity contribution in [2.75, 3.05) is 0 Å². The van der Waals surface area contributed by atoms with Gasteiger partial charge in [-0.15, -0.1) is 0 Å². The molecule has 0 spiro atoms. The van der Waals surface area contributed by atoms with E-state index < -0.39 is 11.7 Å². The minimum absolute atomic E-state index is 0.0770. The lowest BCUT2D eigenvalue weighted by molar-refractivity contribution is -0.137. The molecule has 7 nitrogen and oxygen atoms in total. The molecule has 0 radical (unpaired) electrons. The van der Waals surface area contributed by atoms with E-state index in [1.54, 1.807) is 61.5 Å². The van der Waals surface area contributed by atoms with Crippen LogP contribution in [-0.4, -0.2) is 9.13 Å². The number of hydrogen-bond donors (Lipinski definition) is 0. The van der Waals surface area contributed by atoms with Gasteiger partial charge in [0, 0.05) is 32.7 Å². The first-order chi connectivity index (χ1) is 37.5. The zero-order chi connectivity index (χ0) is 53.1. The van der Waals surface area contributed by atoms with Crippen molar-refractivity contribution < 1.29 is 13.2 Å². The van der Waals surface area contributed by atoms with Crippen LogP contribution in [0.3, 0.4) is 0 Å². The second-order valence-electron chi connectivity index (χ2n) is 18.6. The van der Waals surface area contributed by atoms with E-state index in [0.717, 1.165) is 49.9 Å². The standard InChI is InChI=1S/C67H36F3N7/c1-40-14-13-20-55(67(68,69)70)65(40)66-63(76-59-28-24-42(47-16-6-5-15-46(47)39-72)34-51(59)52-35-43(25-29-60(52)76)48-17-7-10-21-56(48)73-2)32-41(38-71)33-64(66)77-61-30-26-44(49-18-8-11-22-57(49)74-3)36-53(61)54-37-45(27-31-62(54)77)50-19-9-12-23-58(50)75-4/h5-37H,1H3. The lowest BCUT2D eigenvalue weighted by Crippen LogP contribution is -2.12. The number of rotatable bonds is 7. The third-order valence-electron chi connectivity index (χ3n) is 14.4. The number of aryl methyl sites for hydroxylation is 1. The van der Waals surface area contributed by atoms with Crippen LogP contribution in [0.1, 0.15) is 22.3 Å². The monoisotopic (exact) mass is 995 g/mol. The van der Waals surface area contributed by atoms with E-state index in [2.05, 4.69) is 26.7 Å². The van der Waals surface area contributed by atoms with Crippen molar-refractivity contribution >= 4 is 60.7 Å². The number of halogens is 3. The maximum absolute atomic E-state index is 15.9. The molecular weight excluding hydrogens is 960 g/mol. The van der Waals surface area contributed by atoms with Crippen LogP contribution in [0.4, 0.5) is 30.2 Å². The highest BCUT2D eigenvalue weighted by Gasteiger charge is 2.37. The average molecular weight is 996 g/mol. The molecule has 12 aromatic rings. The summed E-state index contributed by atoms with van der Waals surface area (Å²) < 4.78 is 51.7. The highest BCUT2D eigenvalue weighted by atomic mass is 19.4. The Morgan fingerprint density at radius 3 is 1.17 bits per heavy atom. The van der Waals surface area contributed by atoms with Crippen LogP contribution in [-0.2, 0) is 6.18 Å². The van der Waals surface area contributed by atoms with Gasteiger partial charge in [-0.05, 0) is 130 Å². The Hall–Kier alpha value is -11.0. The van der Waals surface area contributed by atoms with Crippen molar-refractivity contribution in [3.05, 3.63) is 257 Å². The van der Waals surface area contributed by atoms with Crippen molar-refractivity contribution in [2.24, 2.45) is 0 Å². The van der Waals surface area contributed by atoms with E-state index in [1.807, 2.05) is 143 Å². The second-order valence-corrected chi connectivity index (χ2v) is 18.6. The molecule has 0 atom stereocenters. The topological polar surface area (TPSA) is 70.5 Å². The molecule has 0 saturated heterocycles. The quantitative estimate of drug-likeness (QED) is 0.149. The molecule has 0 N–H and O–H groups in total. The van der Waals surface area contributed by atoms with E-state index in [9.17, 15) is 10.5 Å². The molecule has 2 heterocycles. The van der Waals surface area contributed by atoms with Gasteiger partial charge < -0.3 is 9.13 Å². The number of nitriles is 2. The number of nitrogens with zero attached hydrogens (tertiary/aromatic N) is 7. The number of aromatic nitrogens is 2. The normalized spacial score (nSPS) is 11.3. The summed E-state index contributed by atoms with van der Waals surface area (Å²) in [6.45, 7) is 25.7. The lowest BCUT2D eigenvalue weighted by Gasteiger charge is -2.24. The number of hydrogen-bond acceptors (Lipinski definition) is 2. The highest BCUT2D eigenvalue weighted by Crippen LogP contribution is 2.49. The highest BCUT2D eigenvalue weighted by molar-refractivity contribution is 6.15. The number of alkyl halides is 3. The van der Waals surface area contributed by atoms with Gasteiger partial charge in [-0.1, -0.05) is 127 Å². The number of benzene rings is 10. The first-order valence-electron chi connectivity index (χ1n) is 24.4. The molecule has 0 fully saturated rings. The average Bonchev–Trinajstić information content (AvgIpc) is 4.21. The summed E-state index contributed by atoms with van der Waals surface area (Å²) in [5, 5.41) is 24.3. The Kier molecular flexibility index (Phi) is 11.3. The molecule has 360 valence electrons. The Morgan fingerprint density at radius 1 is 0.416 bits per heavy atom. The molecule has 0 saturated carbocycles. The summed E-state index contributed by atoms with van der Waals surface area (Å²) in [5.41, 5.74) is 10.5. The van der Waals surface area contributed by atoms with Crippen LogP contribution >= 0.6 is 0 Å². The summed E-state index contributed by atoms with van der Waals surface area (Å²) in [4.78, 5) is 11.4. The van der Waals surface area contributed by atoms with Crippen molar-refractivity contribution in [2.45, 2.75) is 13.1 Å². The largest absolute Gasteiger partial charge is 0.417 e. The maximum atomic E-state index is 15.9.